The van der Waals surface area contributed by atoms with Crippen molar-refractivity contribution >= 4 is 0 Å². The van der Waals surface area contributed by atoms with Gasteiger partial charge in [-0.25, -0.2) is 0 Å². The molecule has 1 aromatic rings. The Morgan fingerprint density at radius 1 is 1.25 bits per heavy atom. The quantitative estimate of drug-likeness (QED) is 0.671. The molecular formula is C11H14O. The zero-order chi connectivity index (χ0) is 8.81. The highest BCUT2D eigenvalue weighted by molar-refractivity contribution is 5.28. The number of aliphatic hydroxyl groups excluding tert-OH is 1. The van der Waals surface area contributed by atoms with E-state index >= 15 is 0 Å². The van der Waals surface area contributed by atoms with Crippen LogP contribution in [0.15, 0.2) is 36.9 Å². The highest BCUT2D eigenvalue weighted by Crippen LogP contribution is 2.09. The second kappa shape index (κ2) is 4.73. The van der Waals surface area contributed by atoms with E-state index in [9.17, 15) is 0 Å². The Hall–Kier alpha value is -1.08. The molecule has 1 N–H and O–H groups in total. The molecule has 1 aromatic carbocycles. The van der Waals surface area contributed by atoms with Crippen molar-refractivity contribution in [2.75, 3.05) is 6.61 Å². The molecule has 0 bridgehead atoms. The van der Waals surface area contributed by atoms with E-state index in [-0.39, 0.29) is 6.61 Å². The van der Waals surface area contributed by atoms with Crippen molar-refractivity contribution in [3.05, 3.63) is 48.0 Å². The van der Waals surface area contributed by atoms with Gasteiger partial charge in [-0.05, 0) is 24.0 Å². The van der Waals surface area contributed by atoms with Crippen LogP contribution in [0.4, 0.5) is 0 Å². The third kappa shape index (κ3) is 2.21. The molecule has 0 spiro atoms. The predicted molar refractivity (Wildman–Crippen MR) is 51.1 cm³/mol. The van der Waals surface area contributed by atoms with Crippen molar-refractivity contribution < 1.29 is 5.11 Å². The molecule has 64 valence electrons. The van der Waals surface area contributed by atoms with Gasteiger partial charge in [0.05, 0.1) is 0 Å². The summed E-state index contributed by atoms with van der Waals surface area (Å²) in [6.45, 7) is 3.91. The van der Waals surface area contributed by atoms with Crippen molar-refractivity contribution in [3.8, 4) is 0 Å². The van der Waals surface area contributed by atoms with Crippen LogP contribution in [0.25, 0.3) is 0 Å². The monoisotopic (exact) mass is 162 g/mol. The summed E-state index contributed by atoms with van der Waals surface area (Å²) in [7, 11) is 0. The smallest absolute Gasteiger partial charge is 0.0471 e. The summed E-state index contributed by atoms with van der Waals surface area (Å²) in [6, 6.07) is 8.14. The average Bonchev–Trinajstić information content (AvgIpc) is 2.09. The summed E-state index contributed by atoms with van der Waals surface area (Å²) >= 11 is 0. The average molecular weight is 162 g/mol. The lowest BCUT2D eigenvalue weighted by molar-refractivity contribution is 0.299. The Morgan fingerprint density at radius 3 is 2.50 bits per heavy atom. The highest BCUT2D eigenvalue weighted by atomic mass is 16.2. The van der Waals surface area contributed by atoms with Gasteiger partial charge in [0.25, 0.3) is 0 Å². The number of rotatable bonds is 4. The fourth-order valence-electron chi connectivity index (χ4n) is 1.28. The van der Waals surface area contributed by atoms with Crippen molar-refractivity contribution in [1.29, 1.82) is 0 Å². The van der Waals surface area contributed by atoms with Crippen molar-refractivity contribution in [2.24, 2.45) is 0 Å². The Balaban J connectivity index is 2.83. The summed E-state index contributed by atoms with van der Waals surface area (Å²) in [5.74, 6) is 0. The van der Waals surface area contributed by atoms with Gasteiger partial charge in [-0.3, -0.25) is 0 Å². The van der Waals surface area contributed by atoms with E-state index in [0.29, 0.717) is 0 Å². The van der Waals surface area contributed by atoms with E-state index in [4.69, 9.17) is 5.11 Å². The van der Waals surface area contributed by atoms with Crippen LogP contribution in [0.1, 0.15) is 11.1 Å². The van der Waals surface area contributed by atoms with Crippen LogP contribution in [0, 0.1) is 0 Å². The molecule has 0 amide bonds. The maximum absolute atomic E-state index is 8.79. The van der Waals surface area contributed by atoms with Gasteiger partial charge in [-0.15, -0.1) is 6.58 Å². The molecule has 12 heavy (non-hydrogen) atoms. The minimum atomic E-state index is 0.216. The van der Waals surface area contributed by atoms with Gasteiger partial charge in [0.15, 0.2) is 0 Å². The van der Waals surface area contributed by atoms with Crippen LogP contribution in [-0.2, 0) is 12.8 Å². The fourth-order valence-corrected chi connectivity index (χ4v) is 1.28. The van der Waals surface area contributed by atoms with E-state index in [0.717, 1.165) is 12.8 Å². The molecule has 0 aliphatic heterocycles. The molecule has 0 aliphatic carbocycles. The molecule has 0 fully saturated rings. The van der Waals surface area contributed by atoms with Gasteiger partial charge in [0.2, 0.25) is 0 Å². The Labute approximate surface area is 73.4 Å². The second-order valence-electron chi connectivity index (χ2n) is 2.74. The maximum atomic E-state index is 8.79. The molecule has 0 atom stereocenters. The molecule has 0 radical (unpaired) electrons. The van der Waals surface area contributed by atoms with Gasteiger partial charge >= 0.3 is 0 Å². The summed E-state index contributed by atoms with van der Waals surface area (Å²) < 4.78 is 0. The normalized spacial score (nSPS) is 9.75. The zero-order valence-corrected chi connectivity index (χ0v) is 7.16. The number of allylic oxidation sites excluding steroid dienone is 1. The second-order valence-corrected chi connectivity index (χ2v) is 2.74. The van der Waals surface area contributed by atoms with Gasteiger partial charge in [-0.2, -0.15) is 0 Å². The highest BCUT2D eigenvalue weighted by Gasteiger charge is 1.97. The van der Waals surface area contributed by atoms with Crippen molar-refractivity contribution in [1.82, 2.24) is 0 Å². The van der Waals surface area contributed by atoms with Crippen molar-refractivity contribution in [3.63, 3.8) is 0 Å². The molecule has 0 heterocycles. The van der Waals surface area contributed by atoms with Gasteiger partial charge < -0.3 is 5.11 Å². The van der Waals surface area contributed by atoms with Gasteiger partial charge in [-0.1, -0.05) is 30.3 Å². The summed E-state index contributed by atoms with van der Waals surface area (Å²) in [5, 5.41) is 8.79. The Kier molecular flexibility index (Phi) is 3.55. The standard InChI is InChI=1S/C11H14O/c1-2-5-10-6-3-4-7-11(10)8-9-12/h2-4,6-7,12H,1,5,8-9H2. The largest absolute Gasteiger partial charge is 0.396 e. The number of hydrogen-bond donors (Lipinski definition) is 1. The number of aliphatic hydroxyl groups is 1. The molecule has 1 nitrogen and oxygen atoms in total. The molecule has 0 unspecified atom stereocenters. The van der Waals surface area contributed by atoms with E-state index in [1.807, 2.05) is 18.2 Å². The summed E-state index contributed by atoms with van der Waals surface area (Å²) in [4.78, 5) is 0. The van der Waals surface area contributed by atoms with Crippen LogP contribution in [0.3, 0.4) is 0 Å². The lowest BCUT2D eigenvalue weighted by Gasteiger charge is -2.04. The van der Waals surface area contributed by atoms with Crippen LogP contribution < -0.4 is 0 Å². The van der Waals surface area contributed by atoms with Crippen LogP contribution >= 0.6 is 0 Å². The Bertz CT molecular complexity index is 253. The van der Waals surface area contributed by atoms with Gasteiger partial charge in [0.1, 0.15) is 0 Å². The Morgan fingerprint density at radius 2 is 1.92 bits per heavy atom. The lowest BCUT2D eigenvalue weighted by atomic mass is 10.0. The molecule has 0 saturated carbocycles. The minimum absolute atomic E-state index is 0.216. The van der Waals surface area contributed by atoms with Crippen LogP contribution in [0.5, 0.6) is 0 Å². The summed E-state index contributed by atoms with van der Waals surface area (Å²) in [6.07, 6.45) is 3.51. The van der Waals surface area contributed by atoms with E-state index in [2.05, 4.69) is 18.7 Å². The zero-order valence-electron chi connectivity index (χ0n) is 7.16. The lowest BCUT2D eigenvalue weighted by Crippen LogP contribution is -1.95. The van der Waals surface area contributed by atoms with E-state index in [1.54, 1.807) is 0 Å². The first-order valence-electron chi connectivity index (χ1n) is 4.17. The summed E-state index contributed by atoms with van der Waals surface area (Å²) in [5.41, 5.74) is 2.49. The molecular weight excluding hydrogens is 148 g/mol. The SMILES string of the molecule is C=CCc1ccccc1CCO. The molecule has 0 saturated heterocycles. The molecule has 1 heteroatoms. The van der Waals surface area contributed by atoms with Crippen LogP contribution in [0.2, 0.25) is 0 Å². The first-order valence-corrected chi connectivity index (χ1v) is 4.17. The third-order valence-electron chi connectivity index (χ3n) is 1.86. The third-order valence-corrected chi connectivity index (χ3v) is 1.86. The van der Waals surface area contributed by atoms with Crippen LogP contribution in [-0.4, -0.2) is 11.7 Å². The van der Waals surface area contributed by atoms with Gasteiger partial charge in [0, 0.05) is 6.61 Å². The molecule has 0 aromatic heterocycles. The fraction of sp³-hybridized carbons (Fsp3) is 0.273. The topological polar surface area (TPSA) is 20.2 Å². The predicted octanol–water partition coefficient (Wildman–Crippen LogP) is 1.95. The first kappa shape index (κ1) is 9.01. The number of hydrogen-bond acceptors (Lipinski definition) is 1. The van der Waals surface area contributed by atoms with Crippen molar-refractivity contribution in [2.45, 2.75) is 12.8 Å². The van der Waals surface area contributed by atoms with E-state index < -0.39 is 0 Å². The molecule has 0 aliphatic rings. The van der Waals surface area contributed by atoms with E-state index in [1.165, 1.54) is 11.1 Å². The maximum Gasteiger partial charge on any atom is 0.0471 e. The molecule has 1 rings (SSSR count). The minimum Gasteiger partial charge on any atom is -0.396 e. The first-order chi connectivity index (χ1) is 5.88. The number of benzene rings is 1.